The zero-order chi connectivity index (χ0) is 10.6. The number of nitrogens with two attached hydrogens (primary N) is 1. The van der Waals surface area contributed by atoms with Gasteiger partial charge in [0.25, 0.3) is 0 Å². The fourth-order valence-corrected chi connectivity index (χ4v) is 1.63. The molecule has 0 radical (unpaired) electrons. The van der Waals surface area contributed by atoms with Gasteiger partial charge in [-0.2, -0.15) is 0 Å². The number of halogens is 1. The molecule has 0 spiro atoms. The predicted octanol–water partition coefficient (Wildman–Crippen LogP) is 2.29. The molecule has 0 fully saturated rings. The fourth-order valence-electron chi connectivity index (χ4n) is 1.51. The molecule has 1 aromatic rings. The third-order valence-corrected chi connectivity index (χ3v) is 2.86. The Labute approximate surface area is 89.7 Å². The lowest BCUT2D eigenvalue weighted by atomic mass is 9.85. The van der Waals surface area contributed by atoms with Crippen LogP contribution in [0.2, 0.25) is 5.02 Å². The lowest BCUT2D eigenvalue weighted by Gasteiger charge is -2.28. The maximum absolute atomic E-state index is 8.94. The molecule has 78 valence electrons. The summed E-state index contributed by atoms with van der Waals surface area (Å²) in [6.07, 6.45) is 1.38. The summed E-state index contributed by atoms with van der Waals surface area (Å²) in [7, 11) is 0. The van der Waals surface area contributed by atoms with E-state index in [1.165, 1.54) is 0 Å². The molecule has 0 saturated heterocycles. The summed E-state index contributed by atoms with van der Waals surface area (Å²) in [6, 6.07) is 7.49. The molecule has 14 heavy (non-hydrogen) atoms. The molecule has 0 aliphatic rings. The van der Waals surface area contributed by atoms with Gasteiger partial charge in [0, 0.05) is 17.2 Å². The van der Waals surface area contributed by atoms with Crippen molar-refractivity contribution in [1.82, 2.24) is 0 Å². The number of rotatable bonds is 4. The van der Waals surface area contributed by atoms with E-state index < -0.39 is 5.54 Å². The van der Waals surface area contributed by atoms with Crippen molar-refractivity contribution in [2.75, 3.05) is 6.61 Å². The van der Waals surface area contributed by atoms with Gasteiger partial charge in [0.1, 0.15) is 0 Å². The highest BCUT2D eigenvalue weighted by Crippen LogP contribution is 2.26. The maximum Gasteiger partial charge on any atom is 0.0451 e. The Morgan fingerprint density at radius 2 is 1.93 bits per heavy atom. The minimum Gasteiger partial charge on any atom is -0.396 e. The van der Waals surface area contributed by atoms with E-state index in [1.54, 1.807) is 0 Å². The van der Waals surface area contributed by atoms with Gasteiger partial charge in [0.2, 0.25) is 0 Å². The topological polar surface area (TPSA) is 46.2 Å². The van der Waals surface area contributed by atoms with Gasteiger partial charge in [-0.05, 0) is 30.5 Å². The van der Waals surface area contributed by atoms with Crippen LogP contribution in [0.1, 0.15) is 25.3 Å². The average molecular weight is 214 g/mol. The second kappa shape index (κ2) is 4.78. The Bertz CT molecular complexity index is 286. The largest absolute Gasteiger partial charge is 0.396 e. The number of aliphatic hydroxyl groups excluding tert-OH is 1. The van der Waals surface area contributed by atoms with Crippen LogP contribution >= 0.6 is 11.6 Å². The molecule has 1 rings (SSSR count). The van der Waals surface area contributed by atoms with Crippen LogP contribution < -0.4 is 5.73 Å². The van der Waals surface area contributed by atoms with E-state index >= 15 is 0 Å². The molecule has 1 atom stereocenters. The van der Waals surface area contributed by atoms with Crippen LogP contribution in [0, 0.1) is 0 Å². The van der Waals surface area contributed by atoms with Gasteiger partial charge in [0.05, 0.1) is 0 Å². The molecular formula is C11H16ClNO. The van der Waals surface area contributed by atoms with Crippen LogP contribution in [0.25, 0.3) is 0 Å². The van der Waals surface area contributed by atoms with Crippen molar-refractivity contribution < 1.29 is 5.11 Å². The molecule has 1 unspecified atom stereocenters. The van der Waals surface area contributed by atoms with Crippen LogP contribution in [0.4, 0.5) is 0 Å². The zero-order valence-electron chi connectivity index (χ0n) is 8.33. The van der Waals surface area contributed by atoms with Crippen molar-refractivity contribution in [1.29, 1.82) is 0 Å². The van der Waals surface area contributed by atoms with E-state index in [-0.39, 0.29) is 6.61 Å². The normalized spacial score (nSPS) is 15.1. The first-order valence-corrected chi connectivity index (χ1v) is 5.16. The molecule has 0 amide bonds. The van der Waals surface area contributed by atoms with Crippen molar-refractivity contribution in [3.05, 3.63) is 34.9 Å². The van der Waals surface area contributed by atoms with Crippen LogP contribution in [-0.4, -0.2) is 11.7 Å². The van der Waals surface area contributed by atoms with Crippen LogP contribution in [-0.2, 0) is 5.54 Å². The Hall–Kier alpha value is -0.570. The van der Waals surface area contributed by atoms with E-state index in [0.717, 1.165) is 12.0 Å². The second-order valence-corrected chi connectivity index (χ2v) is 3.93. The average Bonchev–Trinajstić information content (AvgIpc) is 2.19. The summed E-state index contributed by atoms with van der Waals surface area (Å²) < 4.78 is 0. The maximum atomic E-state index is 8.94. The van der Waals surface area contributed by atoms with Crippen molar-refractivity contribution in [2.24, 2.45) is 5.73 Å². The van der Waals surface area contributed by atoms with E-state index in [2.05, 4.69) is 0 Å². The summed E-state index contributed by atoms with van der Waals surface area (Å²) in [6.45, 7) is 2.12. The fraction of sp³-hybridized carbons (Fsp3) is 0.455. The van der Waals surface area contributed by atoms with Gasteiger partial charge in [-0.1, -0.05) is 30.7 Å². The first-order valence-electron chi connectivity index (χ1n) is 4.78. The Kier molecular flexibility index (Phi) is 3.93. The number of aliphatic hydroxyl groups is 1. The lowest BCUT2D eigenvalue weighted by molar-refractivity contribution is 0.235. The SMILES string of the molecule is CCC(N)(CCO)c1ccc(Cl)cc1. The van der Waals surface area contributed by atoms with Gasteiger partial charge < -0.3 is 10.8 Å². The summed E-state index contributed by atoms with van der Waals surface area (Å²) in [5.41, 5.74) is 6.77. The number of benzene rings is 1. The molecule has 0 aliphatic heterocycles. The summed E-state index contributed by atoms with van der Waals surface area (Å²) in [5, 5.41) is 9.65. The molecule has 0 bridgehead atoms. The van der Waals surface area contributed by atoms with Crippen molar-refractivity contribution >= 4 is 11.6 Å². The highest BCUT2D eigenvalue weighted by molar-refractivity contribution is 6.30. The molecular weight excluding hydrogens is 198 g/mol. The minimum absolute atomic E-state index is 0.104. The smallest absolute Gasteiger partial charge is 0.0451 e. The molecule has 1 aromatic carbocycles. The van der Waals surface area contributed by atoms with E-state index in [4.69, 9.17) is 22.4 Å². The van der Waals surface area contributed by atoms with Crippen molar-refractivity contribution in [2.45, 2.75) is 25.3 Å². The van der Waals surface area contributed by atoms with Crippen molar-refractivity contribution in [3.63, 3.8) is 0 Å². The van der Waals surface area contributed by atoms with E-state index in [0.29, 0.717) is 11.4 Å². The summed E-state index contributed by atoms with van der Waals surface area (Å²) in [4.78, 5) is 0. The van der Waals surface area contributed by atoms with E-state index in [1.807, 2.05) is 31.2 Å². The van der Waals surface area contributed by atoms with Crippen LogP contribution in [0.15, 0.2) is 24.3 Å². The summed E-state index contributed by atoms with van der Waals surface area (Å²) in [5.74, 6) is 0. The molecule has 3 heteroatoms. The van der Waals surface area contributed by atoms with Crippen molar-refractivity contribution in [3.8, 4) is 0 Å². The Morgan fingerprint density at radius 1 is 1.36 bits per heavy atom. The third kappa shape index (κ3) is 2.47. The molecule has 0 aliphatic carbocycles. The quantitative estimate of drug-likeness (QED) is 0.806. The number of hydrogen-bond donors (Lipinski definition) is 2. The molecule has 0 heterocycles. The summed E-state index contributed by atoms with van der Waals surface area (Å²) >= 11 is 5.79. The highest BCUT2D eigenvalue weighted by Gasteiger charge is 2.24. The predicted molar refractivity (Wildman–Crippen MR) is 59.3 cm³/mol. The second-order valence-electron chi connectivity index (χ2n) is 3.49. The monoisotopic (exact) mass is 213 g/mol. The van der Waals surface area contributed by atoms with Gasteiger partial charge in [-0.15, -0.1) is 0 Å². The third-order valence-electron chi connectivity index (χ3n) is 2.61. The lowest BCUT2D eigenvalue weighted by Crippen LogP contribution is -2.36. The van der Waals surface area contributed by atoms with Gasteiger partial charge >= 0.3 is 0 Å². The first-order chi connectivity index (χ1) is 6.62. The molecule has 0 saturated carbocycles. The molecule has 0 aromatic heterocycles. The van der Waals surface area contributed by atoms with Gasteiger partial charge in [-0.3, -0.25) is 0 Å². The number of hydrogen-bond acceptors (Lipinski definition) is 2. The minimum atomic E-state index is -0.431. The molecule has 2 nitrogen and oxygen atoms in total. The van der Waals surface area contributed by atoms with Crippen LogP contribution in [0.5, 0.6) is 0 Å². The molecule has 3 N–H and O–H groups in total. The van der Waals surface area contributed by atoms with Crippen LogP contribution in [0.3, 0.4) is 0 Å². The Morgan fingerprint density at radius 3 is 2.36 bits per heavy atom. The van der Waals surface area contributed by atoms with Gasteiger partial charge in [-0.25, -0.2) is 0 Å². The standard InChI is InChI=1S/C11H16ClNO/c1-2-11(13,7-8-14)9-3-5-10(12)6-4-9/h3-6,14H,2,7-8,13H2,1H3. The van der Waals surface area contributed by atoms with E-state index in [9.17, 15) is 0 Å². The van der Waals surface area contributed by atoms with Gasteiger partial charge in [0.15, 0.2) is 0 Å². The first kappa shape index (κ1) is 11.5. The highest BCUT2D eigenvalue weighted by atomic mass is 35.5. The zero-order valence-corrected chi connectivity index (χ0v) is 9.09. The Balaban J connectivity index is 2.94.